The van der Waals surface area contributed by atoms with Gasteiger partial charge in [-0.2, -0.15) is 5.10 Å². The molecule has 0 aliphatic carbocycles. The van der Waals surface area contributed by atoms with Gasteiger partial charge in [-0.1, -0.05) is 12.1 Å². The summed E-state index contributed by atoms with van der Waals surface area (Å²) >= 11 is 0. The summed E-state index contributed by atoms with van der Waals surface area (Å²) in [6.07, 6.45) is 1.36. The SMILES string of the molecule is NCC(=O)Nc1ccc(-c2ccc(C(N)=O)c3ncnn23)cc1. The van der Waals surface area contributed by atoms with E-state index in [2.05, 4.69) is 15.4 Å². The Morgan fingerprint density at radius 1 is 1.13 bits per heavy atom. The summed E-state index contributed by atoms with van der Waals surface area (Å²) in [5.41, 5.74) is 13.5. The molecule has 3 aromatic rings. The van der Waals surface area contributed by atoms with Crippen LogP contribution in [0.5, 0.6) is 0 Å². The van der Waals surface area contributed by atoms with Crippen molar-refractivity contribution in [2.75, 3.05) is 11.9 Å². The Morgan fingerprint density at radius 2 is 1.87 bits per heavy atom. The lowest BCUT2D eigenvalue weighted by molar-refractivity contribution is -0.114. The monoisotopic (exact) mass is 310 g/mol. The molecule has 8 heteroatoms. The molecule has 3 rings (SSSR count). The number of fused-ring (bicyclic) bond motifs is 1. The van der Waals surface area contributed by atoms with Gasteiger partial charge in [0.05, 0.1) is 17.8 Å². The number of aromatic nitrogens is 3. The molecule has 2 heterocycles. The third-order valence-corrected chi connectivity index (χ3v) is 3.34. The molecular formula is C15H14N6O2. The summed E-state index contributed by atoms with van der Waals surface area (Å²) in [4.78, 5) is 26.8. The van der Waals surface area contributed by atoms with E-state index in [0.29, 0.717) is 16.9 Å². The number of pyridine rings is 1. The molecule has 0 fully saturated rings. The van der Waals surface area contributed by atoms with Crippen LogP contribution in [0.2, 0.25) is 0 Å². The summed E-state index contributed by atoms with van der Waals surface area (Å²) in [6, 6.07) is 10.5. The molecule has 0 atom stereocenters. The van der Waals surface area contributed by atoms with Crippen LogP contribution in [0.1, 0.15) is 10.4 Å². The maximum absolute atomic E-state index is 11.4. The van der Waals surface area contributed by atoms with Crippen LogP contribution in [0.25, 0.3) is 16.9 Å². The fraction of sp³-hybridized carbons (Fsp3) is 0.0667. The number of amides is 2. The van der Waals surface area contributed by atoms with Crippen LogP contribution < -0.4 is 16.8 Å². The molecule has 0 bridgehead atoms. The Labute approximate surface area is 131 Å². The molecular weight excluding hydrogens is 296 g/mol. The fourth-order valence-corrected chi connectivity index (χ4v) is 2.26. The molecule has 0 saturated carbocycles. The smallest absolute Gasteiger partial charge is 0.252 e. The molecule has 0 spiro atoms. The molecule has 0 aliphatic rings. The number of nitrogens with two attached hydrogens (primary N) is 2. The van der Waals surface area contributed by atoms with Crippen molar-refractivity contribution in [1.29, 1.82) is 0 Å². The highest BCUT2D eigenvalue weighted by atomic mass is 16.2. The van der Waals surface area contributed by atoms with Gasteiger partial charge in [0.2, 0.25) is 5.91 Å². The Balaban J connectivity index is 2.01. The number of nitrogens with zero attached hydrogens (tertiary/aromatic N) is 3. The lowest BCUT2D eigenvalue weighted by atomic mass is 10.1. The van der Waals surface area contributed by atoms with Gasteiger partial charge in [0.25, 0.3) is 5.91 Å². The zero-order chi connectivity index (χ0) is 16.4. The average molecular weight is 310 g/mol. The predicted molar refractivity (Wildman–Crippen MR) is 84.6 cm³/mol. The van der Waals surface area contributed by atoms with Crippen molar-refractivity contribution in [2.24, 2.45) is 11.5 Å². The standard InChI is InChI=1S/C15H14N6O2/c16-7-13(22)20-10-3-1-9(2-4-10)12-6-5-11(14(17)23)15-18-8-19-21(12)15/h1-6,8H,7,16H2,(H2,17,23)(H,20,22). The van der Waals surface area contributed by atoms with Gasteiger partial charge in [-0.3, -0.25) is 9.59 Å². The number of carbonyl (C=O) groups is 2. The Hall–Kier alpha value is -3.26. The van der Waals surface area contributed by atoms with E-state index in [-0.39, 0.29) is 12.5 Å². The quantitative estimate of drug-likeness (QED) is 0.642. The fourth-order valence-electron chi connectivity index (χ4n) is 2.26. The van der Waals surface area contributed by atoms with E-state index < -0.39 is 5.91 Å². The van der Waals surface area contributed by atoms with Crippen molar-refractivity contribution in [1.82, 2.24) is 14.6 Å². The minimum Gasteiger partial charge on any atom is -0.365 e. The number of primary amides is 1. The van der Waals surface area contributed by atoms with E-state index in [4.69, 9.17) is 11.5 Å². The second kappa shape index (κ2) is 5.85. The molecule has 5 N–H and O–H groups in total. The van der Waals surface area contributed by atoms with Crippen molar-refractivity contribution in [3.63, 3.8) is 0 Å². The predicted octanol–water partition coefficient (Wildman–Crippen LogP) is 0.392. The molecule has 2 amide bonds. The molecule has 0 aliphatic heterocycles. The van der Waals surface area contributed by atoms with Gasteiger partial charge < -0.3 is 16.8 Å². The van der Waals surface area contributed by atoms with Crippen molar-refractivity contribution in [3.8, 4) is 11.3 Å². The van der Waals surface area contributed by atoms with E-state index in [1.807, 2.05) is 12.1 Å². The van der Waals surface area contributed by atoms with Crippen LogP contribution in [-0.4, -0.2) is 33.0 Å². The van der Waals surface area contributed by atoms with Crippen molar-refractivity contribution >= 4 is 23.1 Å². The lowest BCUT2D eigenvalue weighted by Crippen LogP contribution is -2.21. The first-order chi connectivity index (χ1) is 11.1. The average Bonchev–Trinajstić information content (AvgIpc) is 3.04. The van der Waals surface area contributed by atoms with Crippen LogP contribution >= 0.6 is 0 Å². The zero-order valence-corrected chi connectivity index (χ0v) is 12.1. The van der Waals surface area contributed by atoms with Gasteiger partial charge in [0.15, 0.2) is 5.65 Å². The number of hydrogen-bond donors (Lipinski definition) is 3. The van der Waals surface area contributed by atoms with Gasteiger partial charge in [-0.15, -0.1) is 0 Å². The van der Waals surface area contributed by atoms with E-state index in [1.54, 1.807) is 28.8 Å². The highest BCUT2D eigenvalue weighted by Crippen LogP contribution is 2.23. The van der Waals surface area contributed by atoms with Crippen molar-refractivity contribution in [3.05, 3.63) is 48.3 Å². The van der Waals surface area contributed by atoms with Gasteiger partial charge in [-0.05, 0) is 24.3 Å². The number of anilines is 1. The van der Waals surface area contributed by atoms with E-state index in [1.165, 1.54) is 6.33 Å². The van der Waals surface area contributed by atoms with Gasteiger partial charge in [-0.25, -0.2) is 9.50 Å². The maximum atomic E-state index is 11.4. The Bertz CT molecular complexity index is 885. The van der Waals surface area contributed by atoms with Gasteiger partial charge in [0.1, 0.15) is 6.33 Å². The van der Waals surface area contributed by atoms with Crippen LogP contribution in [0.4, 0.5) is 5.69 Å². The normalized spacial score (nSPS) is 10.7. The number of benzene rings is 1. The lowest BCUT2D eigenvalue weighted by Gasteiger charge is -2.08. The third-order valence-electron chi connectivity index (χ3n) is 3.34. The van der Waals surface area contributed by atoms with Gasteiger partial charge in [0, 0.05) is 11.3 Å². The highest BCUT2D eigenvalue weighted by Gasteiger charge is 2.13. The first-order valence-electron chi connectivity index (χ1n) is 6.83. The summed E-state index contributed by atoms with van der Waals surface area (Å²) in [7, 11) is 0. The van der Waals surface area contributed by atoms with E-state index in [0.717, 1.165) is 11.3 Å². The molecule has 0 unspecified atom stereocenters. The minimum atomic E-state index is -0.561. The molecule has 0 radical (unpaired) electrons. The molecule has 8 nitrogen and oxygen atoms in total. The van der Waals surface area contributed by atoms with E-state index in [9.17, 15) is 9.59 Å². The molecule has 1 aromatic carbocycles. The summed E-state index contributed by atoms with van der Waals surface area (Å²) < 4.78 is 1.55. The maximum Gasteiger partial charge on any atom is 0.252 e. The van der Waals surface area contributed by atoms with Crippen molar-refractivity contribution in [2.45, 2.75) is 0 Å². The summed E-state index contributed by atoms with van der Waals surface area (Å²) in [5.74, 6) is -0.823. The molecule has 2 aromatic heterocycles. The largest absolute Gasteiger partial charge is 0.365 e. The first kappa shape index (κ1) is 14.7. The number of nitrogens with one attached hydrogen (secondary N) is 1. The van der Waals surface area contributed by atoms with E-state index >= 15 is 0 Å². The first-order valence-corrected chi connectivity index (χ1v) is 6.83. The summed E-state index contributed by atoms with van der Waals surface area (Å²) in [6.45, 7) is -0.0735. The highest BCUT2D eigenvalue weighted by molar-refractivity contribution is 5.99. The summed E-state index contributed by atoms with van der Waals surface area (Å²) in [5, 5.41) is 6.80. The second-order valence-electron chi connectivity index (χ2n) is 4.82. The molecule has 23 heavy (non-hydrogen) atoms. The second-order valence-corrected chi connectivity index (χ2v) is 4.82. The zero-order valence-electron chi connectivity index (χ0n) is 12.1. The molecule has 116 valence electrons. The molecule has 0 saturated heterocycles. The van der Waals surface area contributed by atoms with Gasteiger partial charge >= 0.3 is 0 Å². The van der Waals surface area contributed by atoms with Crippen LogP contribution in [0.3, 0.4) is 0 Å². The van der Waals surface area contributed by atoms with Crippen LogP contribution in [-0.2, 0) is 4.79 Å². The number of carbonyl (C=O) groups excluding carboxylic acids is 2. The third kappa shape index (κ3) is 2.74. The topological polar surface area (TPSA) is 128 Å². The van der Waals surface area contributed by atoms with Crippen molar-refractivity contribution < 1.29 is 9.59 Å². The number of hydrogen-bond acceptors (Lipinski definition) is 5. The Kier molecular flexibility index (Phi) is 3.73. The number of rotatable bonds is 4. The minimum absolute atomic E-state index is 0.0735. The Morgan fingerprint density at radius 3 is 2.52 bits per heavy atom. The van der Waals surface area contributed by atoms with Crippen LogP contribution in [0, 0.1) is 0 Å². The van der Waals surface area contributed by atoms with Crippen LogP contribution in [0.15, 0.2) is 42.7 Å².